The largest absolute Gasteiger partial charge is 0.388 e. The van der Waals surface area contributed by atoms with E-state index in [-0.39, 0.29) is 12.0 Å². The summed E-state index contributed by atoms with van der Waals surface area (Å²) in [4.78, 5) is 7.10. The summed E-state index contributed by atoms with van der Waals surface area (Å²) in [5.41, 5.74) is 1.05. The quantitative estimate of drug-likeness (QED) is 0.638. The first kappa shape index (κ1) is 8.27. The van der Waals surface area contributed by atoms with E-state index in [0.29, 0.717) is 5.82 Å². The maximum Gasteiger partial charge on any atom is 0.132 e. The fourth-order valence-electron chi connectivity index (χ4n) is 0.827. The van der Waals surface area contributed by atoms with Crippen molar-refractivity contribution >= 4 is 0 Å². The number of aromatic amines is 1. The molecule has 0 atom stereocenters. The molecule has 3 nitrogen and oxygen atoms in total. The van der Waals surface area contributed by atoms with Gasteiger partial charge in [-0.1, -0.05) is 20.8 Å². The van der Waals surface area contributed by atoms with Gasteiger partial charge in [0.1, 0.15) is 12.4 Å². The lowest BCUT2D eigenvalue weighted by Crippen LogP contribution is -2.11. The molecule has 0 amide bonds. The van der Waals surface area contributed by atoms with Crippen molar-refractivity contribution in [2.45, 2.75) is 32.8 Å². The Morgan fingerprint density at radius 2 is 2.18 bits per heavy atom. The average molecular weight is 154 g/mol. The predicted molar refractivity (Wildman–Crippen MR) is 43.2 cm³/mol. The van der Waals surface area contributed by atoms with Crippen LogP contribution in [-0.2, 0) is 12.0 Å². The van der Waals surface area contributed by atoms with Gasteiger partial charge in [0.05, 0.1) is 5.69 Å². The van der Waals surface area contributed by atoms with Crippen LogP contribution in [-0.4, -0.2) is 15.1 Å². The standard InChI is InChI=1S/C8H14N2O/c1-8(2,3)6-4-9-7(5-11)10-6/h4,11H,5H2,1-3H3,(H,9,10). The van der Waals surface area contributed by atoms with Crippen molar-refractivity contribution in [3.63, 3.8) is 0 Å². The number of rotatable bonds is 1. The number of aromatic nitrogens is 2. The first-order chi connectivity index (χ1) is 5.04. The van der Waals surface area contributed by atoms with Gasteiger partial charge in [-0.2, -0.15) is 0 Å². The molecule has 2 N–H and O–H groups in total. The second-order valence-corrected chi connectivity index (χ2v) is 3.64. The van der Waals surface area contributed by atoms with E-state index in [9.17, 15) is 0 Å². The molecule has 0 spiro atoms. The van der Waals surface area contributed by atoms with Gasteiger partial charge in [0.15, 0.2) is 0 Å². The minimum Gasteiger partial charge on any atom is -0.388 e. The molecule has 3 heteroatoms. The zero-order chi connectivity index (χ0) is 8.48. The molecule has 0 aliphatic carbocycles. The van der Waals surface area contributed by atoms with Crippen LogP contribution in [0.25, 0.3) is 0 Å². The first-order valence-corrected chi connectivity index (χ1v) is 3.69. The third-order valence-electron chi connectivity index (χ3n) is 1.55. The summed E-state index contributed by atoms with van der Waals surface area (Å²) in [5, 5.41) is 8.72. The fourth-order valence-corrected chi connectivity index (χ4v) is 0.827. The molecular formula is C8H14N2O. The van der Waals surface area contributed by atoms with Crippen LogP contribution in [0.2, 0.25) is 0 Å². The molecule has 11 heavy (non-hydrogen) atoms. The maximum absolute atomic E-state index is 8.72. The molecule has 0 saturated heterocycles. The van der Waals surface area contributed by atoms with Crippen LogP contribution in [0.4, 0.5) is 0 Å². The van der Waals surface area contributed by atoms with Crippen LogP contribution in [0.3, 0.4) is 0 Å². The fraction of sp³-hybridized carbons (Fsp3) is 0.625. The topological polar surface area (TPSA) is 48.9 Å². The van der Waals surface area contributed by atoms with Gasteiger partial charge in [-0.3, -0.25) is 0 Å². The van der Waals surface area contributed by atoms with Gasteiger partial charge in [0.25, 0.3) is 0 Å². The van der Waals surface area contributed by atoms with Crippen LogP contribution in [0.15, 0.2) is 6.20 Å². The first-order valence-electron chi connectivity index (χ1n) is 3.69. The molecule has 0 aliphatic rings. The van der Waals surface area contributed by atoms with Crippen molar-refractivity contribution in [3.05, 3.63) is 17.7 Å². The highest BCUT2D eigenvalue weighted by Gasteiger charge is 2.16. The van der Waals surface area contributed by atoms with E-state index < -0.39 is 0 Å². The van der Waals surface area contributed by atoms with Gasteiger partial charge in [0, 0.05) is 11.6 Å². The molecule has 62 valence electrons. The zero-order valence-electron chi connectivity index (χ0n) is 7.18. The van der Waals surface area contributed by atoms with Crippen LogP contribution in [0.1, 0.15) is 32.3 Å². The summed E-state index contributed by atoms with van der Waals surface area (Å²) < 4.78 is 0. The number of hydrogen-bond donors (Lipinski definition) is 2. The van der Waals surface area contributed by atoms with Gasteiger partial charge in [-0.05, 0) is 0 Å². The third-order valence-corrected chi connectivity index (χ3v) is 1.55. The second-order valence-electron chi connectivity index (χ2n) is 3.64. The number of nitrogens with one attached hydrogen (secondary N) is 1. The SMILES string of the molecule is CC(C)(C)c1c[nH]c(CO)n1. The Morgan fingerprint density at radius 1 is 1.55 bits per heavy atom. The van der Waals surface area contributed by atoms with Crippen molar-refractivity contribution in [3.8, 4) is 0 Å². The monoisotopic (exact) mass is 154 g/mol. The number of aliphatic hydroxyl groups excluding tert-OH is 1. The van der Waals surface area contributed by atoms with Gasteiger partial charge < -0.3 is 10.1 Å². The van der Waals surface area contributed by atoms with E-state index in [1.54, 1.807) is 0 Å². The Morgan fingerprint density at radius 3 is 2.45 bits per heavy atom. The van der Waals surface area contributed by atoms with E-state index in [4.69, 9.17) is 5.11 Å². The summed E-state index contributed by atoms with van der Waals surface area (Å²) in [6, 6.07) is 0. The van der Waals surface area contributed by atoms with E-state index in [1.165, 1.54) is 0 Å². The Bertz CT molecular complexity index is 234. The highest BCUT2D eigenvalue weighted by atomic mass is 16.3. The Kier molecular flexibility index (Phi) is 2.00. The van der Waals surface area contributed by atoms with Crippen molar-refractivity contribution in [2.75, 3.05) is 0 Å². The molecule has 0 fully saturated rings. The zero-order valence-corrected chi connectivity index (χ0v) is 7.18. The Labute approximate surface area is 66.5 Å². The third kappa shape index (κ3) is 1.80. The molecule has 1 aromatic heterocycles. The van der Waals surface area contributed by atoms with Gasteiger partial charge in [-0.15, -0.1) is 0 Å². The molecule has 1 rings (SSSR count). The minimum atomic E-state index is -0.0178. The molecule has 1 aromatic rings. The maximum atomic E-state index is 8.72. The summed E-state index contributed by atoms with van der Waals surface area (Å²) in [5.74, 6) is 0.634. The molecule has 0 saturated carbocycles. The van der Waals surface area contributed by atoms with Crippen LogP contribution >= 0.6 is 0 Å². The van der Waals surface area contributed by atoms with Crippen LogP contribution in [0, 0.1) is 0 Å². The van der Waals surface area contributed by atoms with E-state index in [2.05, 4.69) is 30.7 Å². The van der Waals surface area contributed by atoms with Crippen molar-refractivity contribution in [1.82, 2.24) is 9.97 Å². The molecule has 0 radical (unpaired) electrons. The van der Waals surface area contributed by atoms with E-state index in [1.807, 2.05) is 6.20 Å². The number of aliphatic hydroxyl groups is 1. The Balaban J connectivity index is 2.89. The van der Waals surface area contributed by atoms with Gasteiger partial charge in [-0.25, -0.2) is 4.98 Å². The van der Waals surface area contributed by atoms with Gasteiger partial charge in [0.2, 0.25) is 0 Å². The normalized spacial score (nSPS) is 12.0. The summed E-state index contributed by atoms with van der Waals surface area (Å²) in [6.45, 7) is 6.25. The van der Waals surface area contributed by atoms with E-state index >= 15 is 0 Å². The number of H-pyrrole nitrogens is 1. The average Bonchev–Trinajstić information content (AvgIpc) is 2.32. The lowest BCUT2D eigenvalue weighted by Gasteiger charge is -2.13. The van der Waals surface area contributed by atoms with Crippen LogP contribution < -0.4 is 0 Å². The van der Waals surface area contributed by atoms with Crippen molar-refractivity contribution < 1.29 is 5.11 Å². The lowest BCUT2D eigenvalue weighted by atomic mass is 9.93. The van der Waals surface area contributed by atoms with Crippen molar-refractivity contribution in [2.24, 2.45) is 0 Å². The van der Waals surface area contributed by atoms with Crippen LogP contribution in [0.5, 0.6) is 0 Å². The molecule has 1 heterocycles. The minimum absolute atomic E-state index is 0.0178. The smallest absolute Gasteiger partial charge is 0.132 e. The molecular weight excluding hydrogens is 140 g/mol. The molecule has 0 aromatic carbocycles. The summed E-state index contributed by atoms with van der Waals surface area (Å²) in [7, 11) is 0. The summed E-state index contributed by atoms with van der Waals surface area (Å²) in [6.07, 6.45) is 1.84. The second kappa shape index (κ2) is 2.66. The number of imidazole rings is 1. The van der Waals surface area contributed by atoms with E-state index in [0.717, 1.165) is 5.69 Å². The molecule has 0 unspecified atom stereocenters. The highest BCUT2D eigenvalue weighted by Crippen LogP contribution is 2.19. The Hall–Kier alpha value is -0.830. The number of nitrogens with zero attached hydrogens (tertiary/aromatic N) is 1. The van der Waals surface area contributed by atoms with Crippen molar-refractivity contribution in [1.29, 1.82) is 0 Å². The lowest BCUT2D eigenvalue weighted by molar-refractivity contribution is 0.272. The predicted octanol–water partition coefficient (Wildman–Crippen LogP) is 1.20. The molecule has 0 aliphatic heterocycles. The molecule has 0 bridgehead atoms. The number of hydrogen-bond acceptors (Lipinski definition) is 2. The highest BCUT2D eigenvalue weighted by molar-refractivity contribution is 5.10. The summed E-state index contributed by atoms with van der Waals surface area (Å²) >= 11 is 0. The van der Waals surface area contributed by atoms with Gasteiger partial charge >= 0.3 is 0 Å².